The number of ether oxygens (including phenoxy) is 2. The Morgan fingerprint density at radius 3 is 2.77 bits per heavy atom. The average molecular weight is 479 g/mol. The van der Waals surface area contributed by atoms with Crippen LogP contribution in [0.25, 0.3) is 10.9 Å². The highest BCUT2D eigenvalue weighted by Gasteiger charge is 2.26. The summed E-state index contributed by atoms with van der Waals surface area (Å²) in [6, 6.07) is 11.2. The first-order valence-corrected chi connectivity index (χ1v) is 11.7. The van der Waals surface area contributed by atoms with Crippen molar-refractivity contribution < 1.29 is 23.9 Å². The summed E-state index contributed by atoms with van der Waals surface area (Å²) in [4.78, 5) is 36.4. The maximum atomic E-state index is 12.8. The van der Waals surface area contributed by atoms with Crippen LogP contribution in [0, 0.1) is 0 Å². The number of carbonyl (C=O) groups is 3. The SMILES string of the molecule is CCOC(C=O)OC(=O)n1ncc2c(NC(=O)N[C@@H]3CCc4cc(C(C)(C)C)ccc43)cccc21. The van der Waals surface area contributed by atoms with Crippen LogP contribution in [0.3, 0.4) is 0 Å². The highest BCUT2D eigenvalue weighted by Crippen LogP contribution is 2.34. The van der Waals surface area contributed by atoms with E-state index in [4.69, 9.17) is 9.47 Å². The molecule has 0 saturated heterocycles. The van der Waals surface area contributed by atoms with Gasteiger partial charge in [-0.25, -0.2) is 9.59 Å². The minimum absolute atomic E-state index is 0.0741. The number of amides is 2. The number of aldehydes is 1. The summed E-state index contributed by atoms with van der Waals surface area (Å²) < 4.78 is 11.1. The fourth-order valence-corrected chi connectivity index (χ4v) is 4.27. The number of aromatic nitrogens is 2. The number of nitrogens with zero attached hydrogens (tertiary/aromatic N) is 2. The summed E-state index contributed by atoms with van der Waals surface area (Å²) >= 11 is 0. The second-order valence-corrected chi connectivity index (χ2v) is 9.49. The monoisotopic (exact) mass is 478 g/mol. The lowest BCUT2D eigenvalue weighted by Gasteiger charge is -2.21. The number of anilines is 1. The molecule has 0 spiro atoms. The standard InChI is InChI=1S/C26H30N4O5/c1-5-34-23(15-31)35-25(33)30-22-8-6-7-20(19(22)14-27-30)28-24(32)29-21-12-9-16-13-17(26(2,3)4)10-11-18(16)21/h6-8,10-11,13-15,21,23H,5,9,12H2,1-4H3,(H2,28,29,32)/t21-,23?/m1/s1. The maximum absolute atomic E-state index is 12.8. The molecule has 2 N–H and O–H groups in total. The molecule has 0 aliphatic heterocycles. The molecule has 4 rings (SSSR count). The lowest BCUT2D eigenvalue weighted by Crippen LogP contribution is -2.31. The van der Waals surface area contributed by atoms with Crippen molar-refractivity contribution in [3.8, 4) is 0 Å². The molecule has 9 heteroatoms. The Bertz CT molecular complexity index is 1260. The van der Waals surface area contributed by atoms with E-state index in [0.29, 0.717) is 22.9 Å². The van der Waals surface area contributed by atoms with Gasteiger partial charge < -0.3 is 20.1 Å². The van der Waals surface area contributed by atoms with E-state index in [1.54, 1.807) is 25.1 Å². The van der Waals surface area contributed by atoms with Crippen molar-refractivity contribution in [1.29, 1.82) is 0 Å². The van der Waals surface area contributed by atoms with Crippen LogP contribution in [0.15, 0.2) is 42.6 Å². The third-order valence-corrected chi connectivity index (χ3v) is 6.09. The molecular formula is C26H30N4O5. The fraction of sp³-hybridized carbons (Fsp3) is 0.385. The van der Waals surface area contributed by atoms with Gasteiger partial charge in [0.05, 0.1) is 23.4 Å². The molecule has 0 saturated carbocycles. The molecule has 0 fully saturated rings. The minimum atomic E-state index is -1.31. The van der Waals surface area contributed by atoms with Crippen LogP contribution in [-0.2, 0) is 26.1 Å². The maximum Gasteiger partial charge on any atom is 0.437 e. The lowest BCUT2D eigenvalue weighted by atomic mass is 9.85. The largest absolute Gasteiger partial charge is 0.437 e. The van der Waals surface area contributed by atoms with E-state index < -0.39 is 12.4 Å². The van der Waals surface area contributed by atoms with Gasteiger partial charge in [-0.15, -0.1) is 0 Å². The Hall–Kier alpha value is -3.72. The van der Waals surface area contributed by atoms with Crippen LogP contribution in [0.2, 0.25) is 0 Å². The molecular weight excluding hydrogens is 448 g/mol. The van der Waals surface area contributed by atoms with Gasteiger partial charge in [-0.2, -0.15) is 9.78 Å². The Kier molecular flexibility index (Phi) is 6.88. The number of urea groups is 1. The molecule has 1 unspecified atom stereocenters. The zero-order chi connectivity index (χ0) is 25.2. The zero-order valence-corrected chi connectivity index (χ0v) is 20.3. The van der Waals surface area contributed by atoms with E-state index in [1.165, 1.54) is 17.3 Å². The zero-order valence-electron chi connectivity index (χ0n) is 20.3. The van der Waals surface area contributed by atoms with Gasteiger partial charge in [0.15, 0.2) is 6.29 Å². The summed E-state index contributed by atoms with van der Waals surface area (Å²) in [7, 11) is 0. The number of hydrogen-bond donors (Lipinski definition) is 2. The summed E-state index contributed by atoms with van der Waals surface area (Å²) in [6.45, 7) is 8.46. The van der Waals surface area contributed by atoms with Crippen LogP contribution in [-0.4, -0.2) is 41.1 Å². The summed E-state index contributed by atoms with van der Waals surface area (Å²) in [5, 5.41) is 10.6. The van der Waals surface area contributed by atoms with Crippen molar-refractivity contribution in [2.45, 2.75) is 58.3 Å². The molecule has 2 aromatic carbocycles. The van der Waals surface area contributed by atoms with Crippen molar-refractivity contribution in [2.24, 2.45) is 0 Å². The lowest BCUT2D eigenvalue weighted by molar-refractivity contribution is -0.142. The van der Waals surface area contributed by atoms with Gasteiger partial charge in [-0.05, 0) is 54.0 Å². The molecule has 35 heavy (non-hydrogen) atoms. The highest BCUT2D eigenvalue weighted by molar-refractivity contribution is 6.02. The van der Waals surface area contributed by atoms with E-state index in [-0.39, 0.29) is 24.1 Å². The van der Waals surface area contributed by atoms with Crippen LogP contribution in [0.1, 0.15) is 56.8 Å². The Balaban J connectivity index is 1.47. The van der Waals surface area contributed by atoms with Gasteiger partial charge in [0, 0.05) is 12.0 Å². The predicted molar refractivity (Wildman–Crippen MR) is 131 cm³/mol. The molecule has 184 valence electrons. The second kappa shape index (κ2) is 9.87. The summed E-state index contributed by atoms with van der Waals surface area (Å²) in [6.07, 6.45) is 1.44. The highest BCUT2D eigenvalue weighted by atomic mass is 16.7. The van der Waals surface area contributed by atoms with Gasteiger partial charge in [-0.3, -0.25) is 4.79 Å². The quantitative estimate of drug-likeness (QED) is 0.393. The molecule has 3 aromatic rings. The minimum Gasteiger partial charge on any atom is -0.410 e. The van der Waals surface area contributed by atoms with Crippen molar-refractivity contribution in [1.82, 2.24) is 15.1 Å². The Morgan fingerprint density at radius 1 is 1.26 bits per heavy atom. The number of benzene rings is 2. The van der Waals surface area contributed by atoms with Crippen molar-refractivity contribution in [3.63, 3.8) is 0 Å². The number of nitrogens with one attached hydrogen (secondary N) is 2. The Morgan fingerprint density at radius 2 is 2.06 bits per heavy atom. The Labute approximate surface area is 203 Å². The first-order chi connectivity index (χ1) is 16.7. The number of hydrogen-bond acceptors (Lipinski definition) is 6. The van der Waals surface area contributed by atoms with Crippen LogP contribution < -0.4 is 10.6 Å². The topological polar surface area (TPSA) is 112 Å². The van der Waals surface area contributed by atoms with Gasteiger partial charge in [0.1, 0.15) is 0 Å². The summed E-state index contributed by atoms with van der Waals surface area (Å²) in [5.41, 5.74) is 4.69. The number of fused-ring (bicyclic) bond motifs is 2. The third kappa shape index (κ3) is 5.19. The molecule has 2 atom stereocenters. The van der Waals surface area contributed by atoms with Gasteiger partial charge in [0.2, 0.25) is 0 Å². The van der Waals surface area contributed by atoms with Crippen LogP contribution in [0.4, 0.5) is 15.3 Å². The van der Waals surface area contributed by atoms with E-state index >= 15 is 0 Å². The normalized spacial score (nSPS) is 15.9. The fourth-order valence-electron chi connectivity index (χ4n) is 4.27. The van der Waals surface area contributed by atoms with E-state index in [2.05, 4.69) is 54.7 Å². The van der Waals surface area contributed by atoms with Crippen LogP contribution >= 0.6 is 0 Å². The molecule has 9 nitrogen and oxygen atoms in total. The van der Waals surface area contributed by atoms with Crippen LogP contribution in [0.5, 0.6) is 0 Å². The molecule has 0 bridgehead atoms. The number of carbonyl (C=O) groups excluding carboxylic acids is 3. The van der Waals surface area contributed by atoms with E-state index in [1.807, 2.05) is 0 Å². The first-order valence-electron chi connectivity index (χ1n) is 11.7. The molecule has 2 amide bonds. The third-order valence-electron chi connectivity index (χ3n) is 6.09. The molecule has 1 aliphatic rings. The van der Waals surface area contributed by atoms with E-state index in [0.717, 1.165) is 23.1 Å². The van der Waals surface area contributed by atoms with Gasteiger partial charge in [-0.1, -0.05) is 45.0 Å². The van der Waals surface area contributed by atoms with Crippen molar-refractivity contribution in [3.05, 3.63) is 59.3 Å². The van der Waals surface area contributed by atoms with Crippen molar-refractivity contribution in [2.75, 3.05) is 11.9 Å². The summed E-state index contributed by atoms with van der Waals surface area (Å²) in [5.74, 6) is 0. The van der Waals surface area contributed by atoms with Gasteiger partial charge in [0.25, 0.3) is 6.29 Å². The molecule has 0 radical (unpaired) electrons. The van der Waals surface area contributed by atoms with Gasteiger partial charge >= 0.3 is 12.1 Å². The second-order valence-electron chi connectivity index (χ2n) is 9.49. The molecule has 1 aliphatic carbocycles. The van der Waals surface area contributed by atoms with Crippen molar-refractivity contribution >= 4 is 35.0 Å². The average Bonchev–Trinajstić information content (AvgIpc) is 3.43. The van der Waals surface area contributed by atoms with E-state index in [9.17, 15) is 14.4 Å². The number of aryl methyl sites for hydroxylation is 1. The molecule has 1 heterocycles. The smallest absolute Gasteiger partial charge is 0.410 e. The first kappa shape index (κ1) is 24.4. The predicted octanol–water partition coefficient (Wildman–Crippen LogP) is 4.69. The molecule has 1 aromatic heterocycles. The number of rotatable bonds is 6.